The van der Waals surface area contributed by atoms with Crippen molar-refractivity contribution < 1.29 is 40.7 Å². The zero-order valence-corrected chi connectivity index (χ0v) is 29.1. The minimum atomic E-state index is -4.51. The van der Waals surface area contributed by atoms with Crippen LogP contribution < -0.4 is 38.6 Å². The van der Waals surface area contributed by atoms with E-state index in [0.717, 1.165) is 24.3 Å². The van der Waals surface area contributed by atoms with Gasteiger partial charge in [-0.15, -0.1) is 23.5 Å². The molecule has 10 N–H and O–H groups in total. The number of nitrogens with zero attached hydrogens (tertiary/aromatic N) is 5. The number of amides is 2. The Kier molecular flexibility index (Phi) is 14.6. The molecule has 0 bridgehead atoms. The molecule has 0 aliphatic carbocycles. The van der Waals surface area contributed by atoms with Gasteiger partial charge >= 0.3 is 12.4 Å². The van der Waals surface area contributed by atoms with Crippen LogP contribution in [0.2, 0.25) is 0 Å². The molecular weight excluding hydrogens is 755 g/mol. The molecule has 0 atom stereocenters. The van der Waals surface area contributed by atoms with Crippen LogP contribution in [0.3, 0.4) is 0 Å². The molecule has 2 aromatic heterocycles. The molecule has 0 spiro atoms. The van der Waals surface area contributed by atoms with Gasteiger partial charge in [-0.05, 0) is 48.9 Å². The number of alkyl halides is 6. The van der Waals surface area contributed by atoms with E-state index < -0.39 is 35.3 Å². The zero-order valence-electron chi connectivity index (χ0n) is 27.5. The summed E-state index contributed by atoms with van der Waals surface area (Å²) in [6, 6.07) is 8.57. The maximum Gasteiger partial charge on any atom is 0.416 e. The molecule has 4 aromatic rings. The van der Waals surface area contributed by atoms with E-state index in [4.69, 9.17) is 17.3 Å². The van der Waals surface area contributed by atoms with E-state index in [9.17, 15) is 40.7 Å². The predicted octanol–water partition coefficient (Wildman–Crippen LogP) is 4.81. The summed E-state index contributed by atoms with van der Waals surface area (Å²) in [6.07, 6.45) is -3.72. The third-order valence-corrected chi connectivity index (χ3v) is 7.74. The van der Waals surface area contributed by atoms with Crippen molar-refractivity contribution in [2.75, 3.05) is 58.3 Å². The minimum Gasteiger partial charge on any atom is -0.368 e. The van der Waals surface area contributed by atoms with Crippen molar-refractivity contribution in [3.63, 3.8) is 0 Å². The van der Waals surface area contributed by atoms with Crippen LogP contribution in [-0.2, 0) is 21.9 Å². The molecular formula is C30H30F6N12O3S2. The SMILES string of the molecule is CSc1nc(N)nc(NCC(=O)Nc2cccc(C(F)(F)F)c2)c1/C=N/N.CSc1nc(N)nc(NCC(=O)Nc2cccc(C(F)(F)F)c2)c1C=O. The molecule has 2 heterocycles. The molecule has 0 radical (unpaired) electrons. The topological polar surface area (TPSA) is 241 Å². The molecule has 2 aromatic carbocycles. The van der Waals surface area contributed by atoms with Gasteiger partial charge in [0.05, 0.1) is 41.6 Å². The van der Waals surface area contributed by atoms with E-state index in [2.05, 4.69) is 46.3 Å². The number of nitrogens with one attached hydrogen (secondary N) is 4. The van der Waals surface area contributed by atoms with E-state index in [0.29, 0.717) is 21.9 Å². The standard InChI is InChI=1S/C15H16F3N7OS.C15H14F3N5O2S/c1-27-13-10(6-22-20)12(24-14(19)25-13)21-7-11(26)23-9-4-2-3-8(5-9)15(16,17)18;1-26-13-10(7-24)12(22-14(19)23-13)20-6-11(25)21-9-4-2-3-8(5-9)15(16,17)18/h2-6H,7,20H2,1H3,(H,23,26)(H3,19,21,24,25);2-5,7H,6H2,1H3,(H,21,25)(H3,19,20,22,23)/b22-6+;. The number of carbonyl (C=O) groups excluding carboxylic acids is 3. The smallest absolute Gasteiger partial charge is 0.368 e. The Hall–Kier alpha value is -5.84. The Morgan fingerprint density at radius 2 is 1.15 bits per heavy atom. The molecule has 15 nitrogen and oxygen atoms in total. The Labute approximate surface area is 305 Å². The number of aldehydes is 1. The highest BCUT2D eigenvalue weighted by Crippen LogP contribution is 2.32. The lowest BCUT2D eigenvalue weighted by molar-refractivity contribution is -0.138. The van der Waals surface area contributed by atoms with Gasteiger partial charge in [-0.3, -0.25) is 14.4 Å². The summed E-state index contributed by atoms with van der Waals surface area (Å²) in [4.78, 5) is 51.0. The number of aromatic nitrogens is 4. The Morgan fingerprint density at radius 3 is 1.53 bits per heavy atom. The normalized spacial score (nSPS) is 11.3. The van der Waals surface area contributed by atoms with Gasteiger partial charge in [0.25, 0.3) is 0 Å². The highest BCUT2D eigenvalue weighted by molar-refractivity contribution is 7.98. The van der Waals surface area contributed by atoms with Gasteiger partial charge < -0.3 is 38.6 Å². The second-order valence-electron chi connectivity index (χ2n) is 10.1. The average Bonchev–Trinajstić information content (AvgIpc) is 3.10. The van der Waals surface area contributed by atoms with E-state index >= 15 is 0 Å². The highest BCUT2D eigenvalue weighted by Gasteiger charge is 2.31. The number of rotatable bonds is 12. The van der Waals surface area contributed by atoms with Crippen LogP contribution in [0.1, 0.15) is 27.0 Å². The van der Waals surface area contributed by atoms with Crippen LogP contribution in [0.15, 0.2) is 63.7 Å². The van der Waals surface area contributed by atoms with Crippen LogP contribution in [0.25, 0.3) is 0 Å². The Morgan fingerprint density at radius 1 is 0.736 bits per heavy atom. The zero-order chi connectivity index (χ0) is 39.3. The van der Waals surface area contributed by atoms with E-state index in [1.165, 1.54) is 54.0 Å². The lowest BCUT2D eigenvalue weighted by Crippen LogP contribution is -2.23. The van der Waals surface area contributed by atoms with Crippen molar-refractivity contribution in [3.8, 4) is 0 Å². The van der Waals surface area contributed by atoms with Gasteiger partial charge in [-0.1, -0.05) is 12.1 Å². The molecule has 0 aliphatic heterocycles. The first-order valence-electron chi connectivity index (χ1n) is 14.5. The van der Waals surface area contributed by atoms with E-state index in [-0.39, 0.29) is 53.6 Å². The first-order chi connectivity index (χ1) is 25.0. The molecule has 0 saturated carbocycles. The summed E-state index contributed by atoms with van der Waals surface area (Å²) in [7, 11) is 0. The van der Waals surface area contributed by atoms with Gasteiger partial charge in [0.15, 0.2) is 6.29 Å². The van der Waals surface area contributed by atoms with Crippen LogP contribution in [0, 0.1) is 0 Å². The fourth-order valence-corrected chi connectivity index (χ4v) is 5.20. The van der Waals surface area contributed by atoms with Crippen molar-refractivity contribution in [3.05, 3.63) is 70.8 Å². The number of benzene rings is 2. The number of thioether (sulfide) groups is 2. The van der Waals surface area contributed by atoms with Gasteiger partial charge in [0.2, 0.25) is 23.7 Å². The summed E-state index contributed by atoms with van der Waals surface area (Å²) in [5, 5.41) is 14.4. The van der Waals surface area contributed by atoms with E-state index in [1.54, 1.807) is 12.5 Å². The number of hydrogen-bond acceptors (Lipinski definition) is 15. The number of nitrogens with two attached hydrogens (primary N) is 3. The van der Waals surface area contributed by atoms with Gasteiger partial charge in [-0.2, -0.15) is 41.4 Å². The largest absolute Gasteiger partial charge is 0.416 e. The summed E-state index contributed by atoms with van der Waals surface area (Å²) in [5.41, 5.74) is 10.0. The third kappa shape index (κ3) is 12.4. The number of carbonyl (C=O) groups is 3. The van der Waals surface area contributed by atoms with Gasteiger partial charge in [-0.25, -0.2) is 9.97 Å². The number of anilines is 6. The fraction of sp³-hybridized carbons (Fsp3) is 0.200. The summed E-state index contributed by atoms with van der Waals surface area (Å²) in [6.45, 7) is -0.604. The number of halogens is 6. The number of nitrogen functional groups attached to an aromatic ring is 2. The lowest BCUT2D eigenvalue weighted by atomic mass is 10.2. The molecule has 23 heteroatoms. The van der Waals surface area contributed by atoms with Crippen molar-refractivity contribution >= 4 is 82.7 Å². The van der Waals surface area contributed by atoms with Gasteiger partial charge in [0, 0.05) is 11.4 Å². The van der Waals surface area contributed by atoms with Gasteiger partial charge in [0.1, 0.15) is 21.7 Å². The minimum absolute atomic E-state index is 0.00533. The molecule has 0 fully saturated rings. The van der Waals surface area contributed by atoms with Crippen LogP contribution in [-0.4, -0.2) is 69.9 Å². The van der Waals surface area contributed by atoms with Crippen LogP contribution in [0.5, 0.6) is 0 Å². The van der Waals surface area contributed by atoms with Crippen molar-refractivity contribution in [1.29, 1.82) is 0 Å². The van der Waals surface area contributed by atoms with Crippen LogP contribution in [0.4, 0.5) is 61.2 Å². The molecule has 0 unspecified atom stereocenters. The molecule has 282 valence electrons. The molecule has 2 amide bonds. The van der Waals surface area contributed by atoms with Crippen molar-refractivity contribution in [2.45, 2.75) is 22.4 Å². The predicted molar refractivity (Wildman–Crippen MR) is 191 cm³/mol. The number of hydrogen-bond donors (Lipinski definition) is 7. The average molecular weight is 785 g/mol. The highest BCUT2D eigenvalue weighted by atomic mass is 32.2. The molecule has 0 aliphatic rings. The van der Waals surface area contributed by atoms with Crippen molar-refractivity contribution in [1.82, 2.24) is 19.9 Å². The quantitative estimate of drug-likeness (QED) is 0.0194. The van der Waals surface area contributed by atoms with E-state index in [1.807, 2.05) is 0 Å². The lowest BCUT2D eigenvalue weighted by Gasteiger charge is -2.12. The maximum absolute atomic E-state index is 12.7. The van der Waals surface area contributed by atoms with Crippen molar-refractivity contribution in [2.24, 2.45) is 10.9 Å². The number of hydrazone groups is 1. The summed E-state index contributed by atoms with van der Waals surface area (Å²) in [5.74, 6) is 4.16. The maximum atomic E-state index is 12.7. The molecule has 53 heavy (non-hydrogen) atoms. The molecule has 0 saturated heterocycles. The molecule has 4 rings (SSSR count). The first-order valence-corrected chi connectivity index (χ1v) is 17.0. The third-order valence-electron chi connectivity index (χ3n) is 6.34. The second-order valence-corrected chi connectivity index (χ2v) is 11.7. The second kappa shape index (κ2) is 18.6. The Balaban J connectivity index is 0.000000286. The first kappa shape index (κ1) is 41.6. The Bertz CT molecular complexity index is 1970. The fourth-order valence-electron chi connectivity index (χ4n) is 4.09. The van der Waals surface area contributed by atoms with Crippen LogP contribution >= 0.6 is 23.5 Å². The summed E-state index contributed by atoms with van der Waals surface area (Å²) >= 11 is 2.46. The summed E-state index contributed by atoms with van der Waals surface area (Å²) < 4.78 is 76.2. The monoisotopic (exact) mass is 784 g/mol.